The lowest BCUT2D eigenvalue weighted by Gasteiger charge is -2.26. The van der Waals surface area contributed by atoms with Gasteiger partial charge in [0.15, 0.2) is 14.7 Å². The fourth-order valence-corrected chi connectivity index (χ4v) is 5.78. The average molecular weight is 490 g/mol. The fraction of sp³-hybridized carbons (Fsp3) is 0.182. The Kier molecular flexibility index (Phi) is 6.97. The molecule has 3 aromatic rings. The lowest BCUT2D eigenvalue weighted by Crippen LogP contribution is -2.46. The van der Waals surface area contributed by atoms with Crippen molar-refractivity contribution in [2.24, 2.45) is 5.92 Å². The third-order valence-electron chi connectivity index (χ3n) is 4.70. The van der Waals surface area contributed by atoms with E-state index in [9.17, 15) is 30.4 Å². The Morgan fingerprint density at radius 1 is 0.719 bits per heavy atom. The van der Waals surface area contributed by atoms with Gasteiger partial charge in [0.05, 0.1) is 10.9 Å². The van der Waals surface area contributed by atoms with E-state index in [1.807, 2.05) is 60.7 Å². The molecular formula is C22H18F5O3S2+. The quantitative estimate of drug-likeness (QED) is 0.252. The number of hydrogen-bond donors (Lipinski definition) is 1. The van der Waals surface area contributed by atoms with Crippen molar-refractivity contribution >= 4 is 21.0 Å². The van der Waals surface area contributed by atoms with Gasteiger partial charge < -0.3 is 0 Å². The van der Waals surface area contributed by atoms with E-state index in [1.165, 1.54) is 24.3 Å². The third-order valence-corrected chi connectivity index (χ3v) is 7.90. The van der Waals surface area contributed by atoms with Crippen LogP contribution in [-0.4, -0.2) is 24.4 Å². The largest absolute Gasteiger partial charge is 0.399 e. The Bertz CT molecular complexity index is 1090. The predicted molar refractivity (Wildman–Crippen MR) is 111 cm³/mol. The van der Waals surface area contributed by atoms with E-state index in [1.54, 1.807) is 0 Å². The summed E-state index contributed by atoms with van der Waals surface area (Å²) in [6, 6.07) is 24.4. The zero-order chi connectivity index (χ0) is 23.6. The van der Waals surface area contributed by atoms with Crippen LogP contribution in [-0.2, 0) is 27.4 Å². The van der Waals surface area contributed by atoms with Gasteiger partial charge in [-0.1, -0.05) is 48.5 Å². The van der Waals surface area contributed by atoms with Gasteiger partial charge in [0.25, 0.3) is 0 Å². The molecule has 3 nitrogen and oxygen atoms in total. The molecule has 3 rings (SSSR count). The van der Waals surface area contributed by atoms with E-state index >= 15 is 0 Å². The number of rotatable bonds is 7. The summed E-state index contributed by atoms with van der Waals surface area (Å²) in [5.41, 5.74) is -0.135. The van der Waals surface area contributed by atoms with E-state index in [-0.39, 0.29) is 5.56 Å². The van der Waals surface area contributed by atoms with Gasteiger partial charge in [0.1, 0.15) is 5.92 Å². The molecule has 1 N–H and O–H groups in total. The maximum absolute atomic E-state index is 13.9. The van der Waals surface area contributed by atoms with Crippen molar-refractivity contribution in [2.45, 2.75) is 32.5 Å². The Morgan fingerprint density at radius 2 is 1.12 bits per heavy atom. The number of benzene rings is 3. The Hall–Kier alpha value is -2.43. The first kappa shape index (κ1) is 24.2. The lowest BCUT2D eigenvalue weighted by molar-refractivity contribution is -0.218. The topological polar surface area (TPSA) is 54.4 Å². The third kappa shape index (κ3) is 5.31. The SMILES string of the molecule is O=S(=O)(O)C(F)(F)C(Cc1ccc([S+](c2ccccc2)c2ccccc2)cc1)C(F)(F)F. The Morgan fingerprint density at radius 3 is 1.50 bits per heavy atom. The first-order chi connectivity index (χ1) is 14.9. The molecule has 0 saturated heterocycles. The van der Waals surface area contributed by atoms with Crippen molar-refractivity contribution in [2.75, 3.05) is 0 Å². The molecule has 0 spiro atoms. The summed E-state index contributed by atoms with van der Waals surface area (Å²) in [7, 11) is -6.84. The average Bonchev–Trinajstić information content (AvgIpc) is 2.73. The van der Waals surface area contributed by atoms with Gasteiger partial charge in [-0.05, 0) is 48.4 Å². The Labute approximate surface area is 185 Å². The van der Waals surface area contributed by atoms with Gasteiger partial charge in [-0.25, -0.2) is 0 Å². The molecule has 0 radical (unpaired) electrons. The molecule has 0 amide bonds. The highest BCUT2D eigenvalue weighted by Crippen LogP contribution is 2.43. The first-order valence-electron chi connectivity index (χ1n) is 9.26. The van der Waals surface area contributed by atoms with Crippen LogP contribution in [0.4, 0.5) is 22.0 Å². The molecule has 3 aromatic carbocycles. The lowest BCUT2D eigenvalue weighted by atomic mass is 9.99. The van der Waals surface area contributed by atoms with Gasteiger partial charge >= 0.3 is 21.5 Å². The van der Waals surface area contributed by atoms with Crippen LogP contribution in [0.5, 0.6) is 0 Å². The molecule has 1 unspecified atom stereocenters. The summed E-state index contributed by atoms with van der Waals surface area (Å²) in [6.07, 6.45) is -6.85. The molecule has 0 aliphatic rings. The van der Waals surface area contributed by atoms with Crippen LogP contribution in [0.15, 0.2) is 99.6 Å². The molecule has 0 saturated carbocycles. The van der Waals surface area contributed by atoms with Crippen LogP contribution in [0.3, 0.4) is 0 Å². The molecule has 0 aliphatic heterocycles. The van der Waals surface area contributed by atoms with Crippen LogP contribution in [0.1, 0.15) is 5.56 Å². The predicted octanol–water partition coefficient (Wildman–Crippen LogP) is 5.98. The molecule has 32 heavy (non-hydrogen) atoms. The van der Waals surface area contributed by atoms with Crippen molar-refractivity contribution in [1.29, 1.82) is 0 Å². The maximum Gasteiger partial charge on any atom is 0.399 e. The molecule has 0 fully saturated rings. The smallest absolute Gasteiger partial charge is 0.281 e. The van der Waals surface area contributed by atoms with Crippen LogP contribution in [0, 0.1) is 5.92 Å². The monoisotopic (exact) mass is 489 g/mol. The molecular weight excluding hydrogens is 471 g/mol. The van der Waals surface area contributed by atoms with E-state index < -0.39 is 44.8 Å². The van der Waals surface area contributed by atoms with Crippen molar-refractivity contribution in [3.8, 4) is 0 Å². The van der Waals surface area contributed by atoms with Gasteiger partial charge in [-0.3, -0.25) is 4.55 Å². The number of alkyl halides is 5. The summed E-state index contributed by atoms with van der Waals surface area (Å²) in [4.78, 5) is 2.66. The second-order valence-corrected chi connectivity index (χ2v) is 10.4. The summed E-state index contributed by atoms with van der Waals surface area (Å²) in [6.45, 7) is 0. The second kappa shape index (κ2) is 9.21. The summed E-state index contributed by atoms with van der Waals surface area (Å²) < 4.78 is 97.9. The summed E-state index contributed by atoms with van der Waals surface area (Å²) in [5.74, 6) is -3.59. The highest BCUT2D eigenvalue weighted by Gasteiger charge is 2.62. The van der Waals surface area contributed by atoms with Crippen molar-refractivity contribution in [3.05, 3.63) is 90.5 Å². The minimum atomic E-state index is -6.25. The van der Waals surface area contributed by atoms with E-state index in [4.69, 9.17) is 4.55 Å². The minimum Gasteiger partial charge on any atom is -0.281 e. The van der Waals surface area contributed by atoms with Crippen LogP contribution in [0.2, 0.25) is 0 Å². The van der Waals surface area contributed by atoms with Crippen molar-refractivity contribution < 1.29 is 34.9 Å². The van der Waals surface area contributed by atoms with Gasteiger partial charge in [0.2, 0.25) is 0 Å². The normalized spacial score (nSPS) is 13.8. The van der Waals surface area contributed by atoms with E-state index in [0.717, 1.165) is 14.7 Å². The van der Waals surface area contributed by atoms with E-state index in [2.05, 4.69) is 0 Å². The molecule has 1 atom stereocenters. The van der Waals surface area contributed by atoms with Crippen molar-refractivity contribution in [1.82, 2.24) is 0 Å². The van der Waals surface area contributed by atoms with Crippen LogP contribution in [0.25, 0.3) is 0 Å². The molecule has 0 bridgehead atoms. The maximum atomic E-state index is 13.9. The second-order valence-electron chi connectivity index (χ2n) is 6.91. The van der Waals surface area contributed by atoms with Crippen molar-refractivity contribution in [3.63, 3.8) is 0 Å². The zero-order valence-electron chi connectivity index (χ0n) is 16.3. The molecule has 0 aromatic heterocycles. The van der Waals surface area contributed by atoms with Gasteiger partial charge in [0, 0.05) is 0 Å². The van der Waals surface area contributed by atoms with Gasteiger partial charge in [-0.15, -0.1) is 0 Å². The molecule has 0 aliphatic carbocycles. The minimum absolute atomic E-state index is 0.135. The number of hydrogen-bond acceptors (Lipinski definition) is 2. The fourth-order valence-electron chi connectivity index (χ4n) is 3.12. The molecule has 170 valence electrons. The van der Waals surface area contributed by atoms with Gasteiger partial charge in [-0.2, -0.15) is 30.4 Å². The molecule has 10 heteroatoms. The standard InChI is InChI=1S/C22H17F5O3S2/c23-21(24,25)20(22(26,27)32(28,29)30)15-16-11-13-19(14-12-16)31(17-7-3-1-4-8-17)18-9-5-2-6-10-18/h1-14,20H,15H2/p+1. The van der Waals surface area contributed by atoms with Crippen LogP contribution < -0.4 is 0 Å². The highest BCUT2D eigenvalue weighted by atomic mass is 32.2. The summed E-state index contributed by atoms with van der Waals surface area (Å²) in [5, 5.41) is -5.37. The number of halogens is 5. The first-order valence-corrected chi connectivity index (χ1v) is 11.9. The van der Waals surface area contributed by atoms with Crippen LogP contribution >= 0.6 is 0 Å². The van der Waals surface area contributed by atoms with E-state index in [0.29, 0.717) is 0 Å². The summed E-state index contributed by atoms with van der Waals surface area (Å²) >= 11 is 0. The zero-order valence-corrected chi connectivity index (χ0v) is 18.0. The Balaban J connectivity index is 1.96. The molecule has 0 heterocycles. The highest BCUT2D eigenvalue weighted by molar-refractivity contribution is 7.97.